The monoisotopic (exact) mass is 291 g/mol. The molecule has 0 aliphatic rings. The van der Waals surface area contributed by atoms with Crippen molar-refractivity contribution in [1.82, 2.24) is 15.5 Å². The van der Waals surface area contributed by atoms with Crippen LogP contribution in [-0.2, 0) is 11.3 Å². The number of carbonyl (C=O) groups excluding carboxylic acids is 1. The number of hydrogen-bond acceptors (Lipinski definition) is 3. The Kier molecular flexibility index (Phi) is 8.71. The number of nitrogens with one attached hydrogen (secondary N) is 2. The molecule has 0 radical (unpaired) electrons. The lowest BCUT2D eigenvalue weighted by Gasteiger charge is -2.24. The number of carbonyl (C=O) groups is 1. The van der Waals surface area contributed by atoms with Crippen LogP contribution in [0.3, 0.4) is 0 Å². The molecule has 0 aliphatic heterocycles. The van der Waals surface area contributed by atoms with E-state index in [4.69, 9.17) is 0 Å². The molecule has 0 bridgehead atoms. The SMILES string of the molecule is CNCCCC(=O)NCCC(C)N(C)Cc1ccccc1. The van der Waals surface area contributed by atoms with Gasteiger partial charge < -0.3 is 10.6 Å². The summed E-state index contributed by atoms with van der Waals surface area (Å²) < 4.78 is 0. The van der Waals surface area contributed by atoms with E-state index in [-0.39, 0.29) is 5.91 Å². The summed E-state index contributed by atoms with van der Waals surface area (Å²) >= 11 is 0. The zero-order chi connectivity index (χ0) is 15.5. The molecule has 1 rings (SSSR count). The van der Waals surface area contributed by atoms with Gasteiger partial charge in [0.25, 0.3) is 0 Å². The predicted molar refractivity (Wildman–Crippen MR) is 88.2 cm³/mol. The van der Waals surface area contributed by atoms with Gasteiger partial charge >= 0.3 is 0 Å². The molecule has 1 atom stereocenters. The van der Waals surface area contributed by atoms with Crippen LogP contribution in [-0.4, -0.2) is 44.0 Å². The molecule has 4 nitrogen and oxygen atoms in total. The molecule has 4 heteroatoms. The third-order valence-electron chi connectivity index (χ3n) is 3.74. The Morgan fingerprint density at radius 2 is 1.95 bits per heavy atom. The molecule has 118 valence electrons. The predicted octanol–water partition coefficient (Wildman–Crippen LogP) is 2.01. The van der Waals surface area contributed by atoms with E-state index in [1.807, 2.05) is 13.1 Å². The second kappa shape index (κ2) is 10.4. The molecule has 1 aromatic carbocycles. The smallest absolute Gasteiger partial charge is 0.220 e. The summed E-state index contributed by atoms with van der Waals surface area (Å²) in [7, 11) is 4.04. The van der Waals surface area contributed by atoms with Crippen LogP contribution >= 0.6 is 0 Å². The van der Waals surface area contributed by atoms with E-state index in [9.17, 15) is 4.79 Å². The fourth-order valence-electron chi connectivity index (χ4n) is 2.18. The summed E-state index contributed by atoms with van der Waals surface area (Å²) in [5.41, 5.74) is 1.32. The van der Waals surface area contributed by atoms with Crippen LogP contribution in [0.25, 0.3) is 0 Å². The van der Waals surface area contributed by atoms with Crippen LogP contribution in [0.1, 0.15) is 31.7 Å². The average Bonchev–Trinajstić information content (AvgIpc) is 2.48. The fourth-order valence-corrected chi connectivity index (χ4v) is 2.18. The highest BCUT2D eigenvalue weighted by atomic mass is 16.1. The van der Waals surface area contributed by atoms with Crippen molar-refractivity contribution in [3.8, 4) is 0 Å². The Bertz CT molecular complexity index is 394. The number of rotatable bonds is 10. The first-order valence-corrected chi connectivity index (χ1v) is 7.79. The highest BCUT2D eigenvalue weighted by Gasteiger charge is 2.10. The zero-order valence-electron chi connectivity index (χ0n) is 13.6. The second-order valence-electron chi connectivity index (χ2n) is 5.60. The molecule has 0 saturated heterocycles. The van der Waals surface area contributed by atoms with Gasteiger partial charge in [0.15, 0.2) is 0 Å². The Balaban J connectivity index is 2.18. The Hall–Kier alpha value is -1.39. The lowest BCUT2D eigenvalue weighted by atomic mass is 10.1. The van der Waals surface area contributed by atoms with E-state index in [0.717, 1.165) is 32.5 Å². The highest BCUT2D eigenvalue weighted by Crippen LogP contribution is 2.07. The maximum atomic E-state index is 11.6. The molecule has 0 fully saturated rings. The van der Waals surface area contributed by atoms with E-state index < -0.39 is 0 Å². The highest BCUT2D eigenvalue weighted by molar-refractivity contribution is 5.75. The summed E-state index contributed by atoms with van der Waals surface area (Å²) in [5, 5.41) is 6.05. The molecule has 1 aromatic rings. The quantitative estimate of drug-likeness (QED) is 0.648. The second-order valence-corrected chi connectivity index (χ2v) is 5.60. The van der Waals surface area contributed by atoms with Crippen molar-refractivity contribution in [2.75, 3.05) is 27.2 Å². The van der Waals surface area contributed by atoms with Gasteiger partial charge in [-0.2, -0.15) is 0 Å². The van der Waals surface area contributed by atoms with Crippen molar-refractivity contribution in [3.05, 3.63) is 35.9 Å². The van der Waals surface area contributed by atoms with Crippen molar-refractivity contribution < 1.29 is 4.79 Å². The maximum Gasteiger partial charge on any atom is 0.220 e. The summed E-state index contributed by atoms with van der Waals surface area (Å²) in [5.74, 6) is 0.156. The summed E-state index contributed by atoms with van der Waals surface area (Å²) in [6, 6.07) is 10.9. The van der Waals surface area contributed by atoms with Crippen LogP contribution in [0.4, 0.5) is 0 Å². The average molecular weight is 291 g/mol. The Morgan fingerprint density at radius 3 is 2.62 bits per heavy atom. The first-order valence-electron chi connectivity index (χ1n) is 7.79. The first-order chi connectivity index (χ1) is 10.1. The zero-order valence-corrected chi connectivity index (χ0v) is 13.6. The minimum atomic E-state index is 0.156. The van der Waals surface area contributed by atoms with Gasteiger partial charge in [0.05, 0.1) is 0 Å². The van der Waals surface area contributed by atoms with E-state index in [1.165, 1.54) is 5.56 Å². The van der Waals surface area contributed by atoms with Gasteiger partial charge in [-0.25, -0.2) is 0 Å². The normalized spacial score (nSPS) is 12.4. The molecular formula is C17H29N3O. The molecule has 0 aromatic heterocycles. The number of amides is 1. The number of hydrogen-bond donors (Lipinski definition) is 2. The lowest BCUT2D eigenvalue weighted by molar-refractivity contribution is -0.121. The minimum absolute atomic E-state index is 0.156. The fraction of sp³-hybridized carbons (Fsp3) is 0.588. The number of benzene rings is 1. The van der Waals surface area contributed by atoms with Crippen LogP contribution in [0.2, 0.25) is 0 Å². The van der Waals surface area contributed by atoms with Gasteiger partial charge in [0, 0.05) is 25.6 Å². The summed E-state index contributed by atoms with van der Waals surface area (Å²) in [6.07, 6.45) is 2.47. The van der Waals surface area contributed by atoms with Gasteiger partial charge in [-0.3, -0.25) is 9.69 Å². The Labute approximate surface area is 128 Å². The minimum Gasteiger partial charge on any atom is -0.356 e. The third kappa shape index (κ3) is 7.83. The molecule has 1 unspecified atom stereocenters. The summed E-state index contributed by atoms with van der Waals surface area (Å²) in [6.45, 7) is 4.79. The number of nitrogens with zero attached hydrogens (tertiary/aromatic N) is 1. The van der Waals surface area contributed by atoms with E-state index in [1.54, 1.807) is 0 Å². The molecule has 0 saturated carbocycles. The van der Waals surface area contributed by atoms with Gasteiger partial charge in [0.1, 0.15) is 0 Å². The molecule has 2 N–H and O–H groups in total. The van der Waals surface area contributed by atoms with Gasteiger partial charge in [0.2, 0.25) is 5.91 Å². The van der Waals surface area contributed by atoms with Gasteiger partial charge in [-0.15, -0.1) is 0 Å². The molecule has 0 heterocycles. The summed E-state index contributed by atoms with van der Waals surface area (Å²) in [4.78, 5) is 13.9. The van der Waals surface area contributed by atoms with Crippen LogP contribution < -0.4 is 10.6 Å². The largest absolute Gasteiger partial charge is 0.356 e. The van der Waals surface area contributed by atoms with Crippen molar-refractivity contribution in [2.24, 2.45) is 0 Å². The van der Waals surface area contributed by atoms with Crippen molar-refractivity contribution in [1.29, 1.82) is 0 Å². The molecule has 0 aliphatic carbocycles. The van der Waals surface area contributed by atoms with E-state index in [0.29, 0.717) is 12.5 Å². The van der Waals surface area contributed by atoms with Crippen LogP contribution in [0.15, 0.2) is 30.3 Å². The van der Waals surface area contributed by atoms with E-state index >= 15 is 0 Å². The van der Waals surface area contributed by atoms with E-state index in [2.05, 4.69) is 53.8 Å². The molecule has 0 spiro atoms. The lowest BCUT2D eigenvalue weighted by Crippen LogP contribution is -2.33. The molecule has 21 heavy (non-hydrogen) atoms. The van der Waals surface area contributed by atoms with Crippen LogP contribution in [0.5, 0.6) is 0 Å². The van der Waals surface area contributed by atoms with Crippen LogP contribution in [0, 0.1) is 0 Å². The Morgan fingerprint density at radius 1 is 1.24 bits per heavy atom. The maximum absolute atomic E-state index is 11.6. The molecule has 1 amide bonds. The van der Waals surface area contributed by atoms with Crippen molar-refractivity contribution in [2.45, 2.75) is 38.8 Å². The first kappa shape index (κ1) is 17.7. The standard InChI is InChI=1S/C17H29N3O/c1-15(11-13-19-17(21)10-7-12-18-2)20(3)14-16-8-5-4-6-9-16/h4-6,8-9,15,18H,7,10-14H2,1-3H3,(H,19,21). The topological polar surface area (TPSA) is 44.4 Å². The van der Waals surface area contributed by atoms with Crippen molar-refractivity contribution in [3.63, 3.8) is 0 Å². The van der Waals surface area contributed by atoms with Gasteiger partial charge in [-0.05, 0) is 46.0 Å². The third-order valence-corrected chi connectivity index (χ3v) is 3.74. The molecular weight excluding hydrogens is 262 g/mol. The van der Waals surface area contributed by atoms with Gasteiger partial charge in [-0.1, -0.05) is 30.3 Å². The van der Waals surface area contributed by atoms with Crippen molar-refractivity contribution >= 4 is 5.91 Å².